The molecule has 1 unspecified atom stereocenters. The number of rotatable bonds is 11. The van der Waals surface area contributed by atoms with E-state index < -0.39 is 6.10 Å². The first-order valence-corrected chi connectivity index (χ1v) is 8.34. The summed E-state index contributed by atoms with van der Waals surface area (Å²) >= 11 is 0. The van der Waals surface area contributed by atoms with E-state index in [0.717, 1.165) is 31.0 Å². The van der Waals surface area contributed by atoms with Crippen molar-refractivity contribution in [1.82, 2.24) is 4.90 Å². The van der Waals surface area contributed by atoms with Crippen LogP contribution >= 0.6 is 0 Å². The van der Waals surface area contributed by atoms with Gasteiger partial charge in [0.2, 0.25) is 0 Å². The lowest BCUT2D eigenvalue weighted by molar-refractivity contribution is 0.00386. The fraction of sp³-hybridized carbons (Fsp3) is 0.474. The van der Waals surface area contributed by atoms with Crippen molar-refractivity contribution >= 4 is 0 Å². The highest BCUT2D eigenvalue weighted by Gasteiger charge is 2.13. The quantitative estimate of drug-likeness (QED) is 0.685. The van der Waals surface area contributed by atoms with E-state index in [9.17, 15) is 5.11 Å². The van der Waals surface area contributed by atoms with Gasteiger partial charge in [-0.2, -0.15) is 0 Å². The summed E-state index contributed by atoms with van der Waals surface area (Å²) in [6.45, 7) is 5.08. The van der Waals surface area contributed by atoms with Crippen molar-refractivity contribution in [3.8, 4) is 5.75 Å². The third kappa shape index (κ3) is 6.35. The Morgan fingerprint density at radius 1 is 1.25 bits per heavy atom. The van der Waals surface area contributed by atoms with Crippen LogP contribution in [0.5, 0.6) is 5.75 Å². The fourth-order valence-electron chi connectivity index (χ4n) is 2.62. The molecule has 0 saturated carbocycles. The van der Waals surface area contributed by atoms with Crippen LogP contribution in [0.1, 0.15) is 24.7 Å². The minimum absolute atomic E-state index is 0.291. The maximum atomic E-state index is 10.2. The fourth-order valence-corrected chi connectivity index (χ4v) is 2.62. The SMILES string of the molecule is CCCN(Cc1cccc(OC)c1)CC(O)COCc1ccco1. The summed E-state index contributed by atoms with van der Waals surface area (Å²) < 4.78 is 16.0. The molecule has 132 valence electrons. The smallest absolute Gasteiger partial charge is 0.129 e. The van der Waals surface area contributed by atoms with Crippen LogP contribution in [0.25, 0.3) is 0 Å². The van der Waals surface area contributed by atoms with Gasteiger partial charge in [0.25, 0.3) is 0 Å². The number of furan rings is 1. The van der Waals surface area contributed by atoms with Gasteiger partial charge in [-0.15, -0.1) is 0 Å². The summed E-state index contributed by atoms with van der Waals surface area (Å²) in [6, 6.07) is 11.7. The lowest BCUT2D eigenvalue weighted by atomic mass is 10.2. The highest BCUT2D eigenvalue weighted by atomic mass is 16.5. The second kappa shape index (κ2) is 10.1. The molecule has 1 N–H and O–H groups in total. The molecule has 0 aliphatic heterocycles. The molecule has 1 aromatic heterocycles. The zero-order chi connectivity index (χ0) is 17.2. The van der Waals surface area contributed by atoms with Crippen LogP contribution in [-0.2, 0) is 17.9 Å². The van der Waals surface area contributed by atoms with Crippen molar-refractivity contribution in [3.63, 3.8) is 0 Å². The molecular weight excluding hydrogens is 306 g/mol. The Hall–Kier alpha value is -1.82. The van der Waals surface area contributed by atoms with Gasteiger partial charge in [0.05, 0.1) is 26.1 Å². The van der Waals surface area contributed by atoms with Crippen LogP contribution in [0, 0.1) is 0 Å². The van der Waals surface area contributed by atoms with Gasteiger partial charge in [-0.3, -0.25) is 4.90 Å². The first-order chi connectivity index (χ1) is 11.7. The Morgan fingerprint density at radius 3 is 2.83 bits per heavy atom. The lowest BCUT2D eigenvalue weighted by Crippen LogP contribution is -2.35. The van der Waals surface area contributed by atoms with Crippen molar-refractivity contribution in [1.29, 1.82) is 0 Å². The predicted molar refractivity (Wildman–Crippen MR) is 92.9 cm³/mol. The van der Waals surface area contributed by atoms with E-state index in [4.69, 9.17) is 13.9 Å². The van der Waals surface area contributed by atoms with Crippen molar-refractivity contribution in [3.05, 3.63) is 54.0 Å². The molecular formula is C19H27NO4. The maximum Gasteiger partial charge on any atom is 0.129 e. The average Bonchev–Trinajstić information content (AvgIpc) is 3.08. The Labute approximate surface area is 143 Å². The van der Waals surface area contributed by atoms with E-state index >= 15 is 0 Å². The van der Waals surface area contributed by atoms with Crippen LogP contribution in [0.15, 0.2) is 47.1 Å². The molecule has 0 saturated heterocycles. The third-order valence-electron chi connectivity index (χ3n) is 3.68. The molecule has 2 rings (SSSR count). The van der Waals surface area contributed by atoms with Crippen LogP contribution in [0.2, 0.25) is 0 Å². The highest BCUT2D eigenvalue weighted by Crippen LogP contribution is 2.15. The number of benzene rings is 1. The second-order valence-electron chi connectivity index (χ2n) is 5.83. The highest BCUT2D eigenvalue weighted by molar-refractivity contribution is 5.28. The van der Waals surface area contributed by atoms with Crippen molar-refractivity contribution < 1.29 is 19.0 Å². The normalized spacial score (nSPS) is 12.5. The summed E-state index contributed by atoms with van der Waals surface area (Å²) in [5.74, 6) is 1.62. The minimum atomic E-state index is -0.530. The van der Waals surface area contributed by atoms with E-state index in [2.05, 4.69) is 17.9 Å². The summed E-state index contributed by atoms with van der Waals surface area (Å²) in [6.07, 6.45) is 2.12. The van der Waals surface area contributed by atoms with Crippen molar-refractivity contribution in [2.45, 2.75) is 32.6 Å². The zero-order valence-electron chi connectivity index (χ0n) is 14.5. The average molecular weight is 333 g/mol. The predicted octanol–water partition coefficient (Wildman–Crippen LogP) is 3.08. The first-order valence-electron chi connectivity index (χ1n) is 8.34. The minimum Gasteiger partial charge on any atom is -0.497 e. The summed E-state index contributed by atoms with van der Waals surface area (Å²) in [5.41, 5.74) is 1.17. The standard InChI is InChI=1S/C19H27NO4/c1-3-9-20(12-16-6-4-7-18(11-16)22-2)13-17(21)14-23-15-19-8-5-10-24-19/h4-8,10-11,17,21H,3,9,12-15H2,1-2H3. The second-order valence-corrected chi connectivity index (χ2v) is 5.83. The van der Waals surface area contributed by atoms with E-state index in [1.54, 1.807) is 13.4 Å². The largest absolute Gasteiger partial charge is 0.497 e. The Kier molecular flexibility index (Phi) is 7.82. The topological polar surface area (TPSA) is 55.1 Å². The molecule has 1 atom stereocenters. The number of aliphatic hydroxyl groups is 1. The number of nitrogens with zero attached hydrogens (tertiary/aromatic N) is 1. The molecule has 0 aliphatic carbocycles. The number of hydrogen-bond donors (Lipinski definition) is 1. The first kappa shape index (κ1) is 18.5. The van der Waals surface area contributed by atoms with Crippen molar-refractivity contribution in [2.24, 2.45) is 0 Å². The number of hydrogen-bond acceptors (Lipinski definition) is 5. The molecule has 24 heavy (non-hydrogen) atoms. The summed E-state index contributed by atoms with van der Waals surface area (Å²) in [5, 5.41) is 10.2. The van der Waals surface area contributed by atoms with Gasteiger partial charge in [0.15, 0.2) is 0 Å². The maximum absolute atomic E-state index is 10.2. The van der Waals surface area contributed by atoms with Crippen LogP contribution in [-0.4, -0.2) is 42.9 Å². The monoisotopic (exact) mass is 333 g/mol. The van der Waals surface area contributed by atoms with Crippen LogP contribution < -0.4 is 4.74 Å². The van der Waals surface area contributed by atoms with Gasteiger partial charge in [-0.05, 0) is 42.8 Å². The van der Waals surface area contributed by atoms with E-state index in [1.807, 2.05) is 30.3 Å². The number of ether oxygens (including phenoxy) is 2. The summed E-state index contributed by atoms with van der Waals surface area (Å²) in [4.78, 5) is 2.23. The molecule has 5 heteroatoms. The van der Waals surface area contributed by atoms with Gasteiger partial charge in [0, 0.05) is 13.1 Å². The van der Waals surface area contributed by atoms with Crippen LogP contribution in [0.4, 0.5) is 0 Å². The Bertz CT molecular complexity index is 571. The number of aliphatic hydroxyl groups excluding tert-OH is 1. The molecule has 1 heterocycles. The molecule has 1 aromatic carbocycles. The molecule has 5 nitrogen and oxygen atoms in total. The van der Waals surface area contributed by atoms with Crippen molar-refractivity contribution in [2.75, 3.05) is 26.8 Å². The third-order valence-corrected chi connectivity index (χ3v) is 3.68. The Balaban J connectivity index is 1.80. The molecule has 2 aromatic rings. The Morgan fingerprint density at radius 2 is 2.12 bits per heavy atom. The molecule has 0 radical (unpaired) electrons. The molecule has 0 amide bonds. The van der Waals surface area contributed by atoms with E-state index in [-0.39, 0.29) is 0 Å². The van der Waals surface area contributed by atoms with Gasteiger partial charge < -0.3 is 19.0 Å². The van der Waals surface area contributed by atoms with Gasteiger partial charge in [-0.25, -0.2) is 0 Å². The van der Waals surface area contributed by atoms with Gasteiger partial charge in [0.1, 0.15) is 18.1 Å². The number of methoxy groups -OCH3 is 1. The van der Waals surface area contributed by atoms with Crippen LogP contribution in [0.3, 0.4) is 0 Å². The zero-order valence-corrected chi connectivity index (χ0v) is 14.5. The molecule has 0 fully saturated rings. The van der Waals surface area contributed by atoms with Gasteiger partial charge >= 0.3 is 0 Å². The van der Waals surface area contributed by atoms with E-state index in [1.165, 1.54) is 5.56 Å². The van der Waals surface area contributed by atoms with E-state index in [0.29, 0.717) is 19.8 Å². The van der Waals surface area contributed by atoms with Gasteiger partial charge in [-0.1, -0.05) is 19.1 Å². The summed E-state index contributed by atoms with van der Waals surface area (Å²) in [7, 11) is 1.67. The molecule has 0 spiro atoms. The lowest BCUT2D eigenvalue weighted by Gasteiger charge is -2.24. The molecule has 0 bridgehead atoms. The molecule has 0 aliphatic rings.